The van der Waals surface area contributed by atoms with Crippen LogP contribution in [0.15, 0.2) is 4.99 Å². The van der Waals surface area contributed by atoms with E-state index in [0.717, 1.165) is 6.54 Å². The lowest BCUT2D eigenvalue weighted by atomic mass is 10.3. The van der Waals surface area contributed by atoms with Crippen LogP contribution >= 0.6 is 11.9 Å². The molecule has 1 rings (SSSR count). The number of nitrogens with zero attached hydrogens (tertiary/aromatic N) is 2. The fourth-order valence-electron chi connectivity index (χ4n) is 0.924. The third kappa shape index (κ3) is 1.27. The topological polar surface area (TPSA) is 15.6 Å². The Bertz CT molecular complexity index is 131. The quantitative estimate of drug-likeness (QED) is 0.517. The van der Waals surface area contributed by atoms with Crippen molar-refractivity contribution in [1.82, 2.24) is 4.31 Å². The maximum Gasteiger partial charge on any atom is 0.116 e. The van der Waals surface area contributed by atoms with E-state index in [1.165, 1.54) is 0 Å². The predicted molar refractivity (Wildman–Crippen MR) is 42.8 cm³/mol. The number of hydrogen-bond acceptors (Lipinski definition) is 3. The van der Waals surface area contributed by atoms with Gasteiger partial charge in [-0.15, -0.1) is 0 Å². The Hall–Kier alpha value is -0.0200. The zero-order valence-corrected chi connectivity index (χ0v) is 6.90. The molecule has 0 aliphatic carbocycles. The third-order valence-corrected chi connectivity index (χ3v) is 2.52. The van der Waals surface area contributed by atoms with Gasteiger partial charge >= 0.3 is 0 Å². The average molecular weight is 144 g/mol. The smallest absolute Gasteiger partial charge is 0.116 e. The maximum absolute atomic E-state index is 4.30. The molecule has 1 heterocycles. The van der Waals surface area contributed by atoms with E-state index in [1.807, 2.05) is 6.21 Å². The van der Waals surface area contributed by atoms with Crippen molar-refractivity contribution in [1.29, 1.82) is 0 Å². The van der Waals surface area contributed by atoms with Crippen molar-refractivity contribution in [3.05, 3.63) is 0 Å². The summed E-state index contributed by atoms with van der Waals surface area (Å²) in [5.41, 5.74) is 0.0272. The van der Waals surface area contributed by atoms with E-state index < -0.39 is 0 Å². The molecule has 0 amide bonds. The van der Waals surface area contributed by atoms with Gasteiger partial charge in [0.2, 0.25) is 0 Å². The molecular weight excluding hydrogens is 132 g/mol. The predicted octanol–water partition coefficient (Wildman–Crippen LogP) is 1.39. The Labute approximate surface area is 60.5 Å². The molecule has 0 aromatic rings. The van der Waals surface area contributed by atoms with Crippen molar-refractivity contribution >= 4 is 18.2 Å². The highest BCUT2D eigenvalue weighted by atomic mass is 32.2. The third-order valence-electron chi connectivity index (χ3n) is 1.49. The second kappa shape index (κ2) is 2.31. The van der Waals surface area contributed by atoms with Gasteiger partial charge in [-0.05, 0) is 20.1 Å². The molecule has 0 bridgehead atoms. The van der Waals surface area contributed by atoms with Crippen LogP contribution in [0, 0.1) is 0 Å². The van der Waals surface area contributed by atoms with Crippen LogP contribution in [-0.4, -0.2) is 29.0 Å². The molecule has 0 atom stereocenters. The van der Waals surface area contributed by atoms with Crippen LogP contribution < -0.4 is 0 Å². The molecular formula is C6H12N2S. The Morgan fingerprint density at radius 2 is 2.33 bits per heavy atom. The Morgan fingerprint density at radius 1 is 1.67 bits per heavy atom. The summed E-state index contributed by atoms with van der Waals surface area (Å²) in [6, 6.07) is 0. The monoisotopic (exact) mass is 144 g/mol. The molecule has 52 valence electrons. The second-order valence-electron chi connectivity index (χ2n) is 2.55. The van der Waals surface area contributed by atoms with E-state index >= 15 is 0 Å². The van der Waals surface area contributed by atoms with Crippen LogP contribution in [0.5, 0.6) is 0 Å². The van der Waals surface area contributed by atoms with Gasteiger partial charge in [-0.1, -0.05) is 11.9 Å². The lowest BCUT2D eigenvalue weighted by Gasteiger charge is -2.26. The maximum atomic E-state index is 4.30. The van der Waals surface area contributed by atoms with E-state index in [2.05, 4.69) is 29.4 Å². The molecule has 0 saturated heterocycles. The second-order valence-corrected chi connectivity index (χ2v) is 3.36. The van der Waals surface area contributed by atoms with Gasteiger partial charge in [0.15, 0.2) is 0 Å². The Kier molecular flexibility index (Phi) is 1.82. The van der Waals surface area contributed by atoms with E-state index in [1.54, 1.807) is 11.9 Å². The van der Waals surface area contributed by atoms with Crippen molar-refractivity contribution in [2.45, 2.75) is 19.5 Å². The molecule has 1 aliphatic rings. The summed E-state index contributed by atoms with van der Waals surface area (Å²) in [4.78, 5) is 4.30. The summed E-state index contributed by atoms with van der Waals surface area (Å²) >= 11 is 1.75. The summed E-state index contributed by atoms with van der Waals surface area (Å²) in [5.74, 6) is 0. The lowest BCUT2D eigenvalue weighted by molar-refractivity contribution is 0.314. The standard InChI is InChI=1S/C6H12N2S/c1-6(2)7-4-5-8(6)9-3/h4H,5H2,1-3H3. The summed E-state index contributed by atoms with van der Waals surface area (Å²) < 4.78 is 2.24. The van der Waals surface area contributed by atoms with Crippen molar-refractivity contribution in [2.24, 2.45) is 4.99 Å². The van der Waals surface area contributed by atoms with E-state index in [0.29, 0.717) is 0 Å². The summed E-state index contributed by atoms with van der Waals surface area (Å²) in [6.07, 6.45) is 4.05. The van der Waals surface area contributed by atoms with Gasteiger partial charge < -0.3 is 0 Å². The molecule has 0 saturated carbocycles. The van der Waals surface area contributed by atoms with Gasteiger partial charge in [0, 0.05) is 12.8 Å². The minimum atomic E-state index is 0.0272. The fraction of sp³-hybridized carbons (Fsp3) is 0.833. The first-order valence-corrected chi connectivity index (χ1v) is 4.20. The van der Waals surface area contributed by atoms with Crippen LogP contribution in [0.25, 0.3) is 0 Å². The number of hydrogen-bond donors (Lipinski definition) is 0. The SMILES string of the molecule is CSN1CC=NC1(C)C. The molecule has 1 aliphatic heterocycles. The van der Waals surface area contributed by atoms with Crippen LogP contribution in [0.2, 0.25) is 0 Å². The fourth-order valence-corrected chi connectivity index (χ4v) is 1.63. The Morgan fingerprint density at radius 3 is 2.56 bits per heavy atom. The van der Waals surface area contributed by atoms with Gasteiger partial charge in [-0.3, -0.25) is 4.99 Å². The first kappa shape index (κ1) is 7.09. The number of rotatable bonds is 1. The molecule has 0 unspecified atom stereocenters. The van der Waals surface area contributed by atoms with Crippen molar-refractivity contribution in [3.63, 3.8) is 0 Å². The van der Waals surface area contributed by atoms with E-state index in [-0.39, 0.29) is 5.66 Å². The number of aliphatic imine (C=N–C) groups is 1. The average Bonchev–Trinajstić information content (AvgIpc) is 2.08. The highest BCUT2D eigenvalue weighted by Crippen LogP contribution is 2.25. The molecule has 2 nitrogen and oxygen atoms in total. The molecule has 9 heavy (non-hydrogen) atoms. The van der Waals surface area contributed by atoms with Gasteiger partial charge in [0.25, 0.3) is 0 Å². The van der Waals surface area contributed by atoms with Gasteiger partial charge in [0.1, 0.15) is 5.66 Å². The molecule has 0 spiro atoms. The van der Waals surface area contributed by atoms with Crippen LogP contribution in [-0.2, 0) is 0 Å². The minimum absolute atomic E-state index is 0.0272. The van der Waals surface area contributed by atoms with Crippen LogP contribution in [0.4, 0.5) is 0 Å². The highest BCUT2D eigenvalue weighted by molar-refractivity contribution is 7.96. The normalized spacial score (nSPS) is 25.2. The summed E-state index contributed by atoms with van der Waals surface area (Å²) in [5, 5.41) is 0. The van der Waals surface area contributed by atoms with Gasteiger partial charge in [-0.2, -0.15) is 0 Å². The van der Waals surface area contributed by atoms with Crippen LogP contribution in [0.1, 0.15) is 13.8 Å². The summed E-state index contributed by atoms with van der Waals surface area (Å²) in [6.45, 7) is 5.22. The molecule has 0 radical (unpaired) electrons. The van der Waals surface area contributed by atoms with Crippen molar-refractivity contribution in [3.8, 4) is 0 Å². The van der Waals surface area contributed by atoms with E-state index in [4.69, 9.17) is 0 Å². The summed E-state index contributed by atoms with van der Waals surface area (Å²) in [7, 11) is 0. The van der Waals surface area contributed by atoms with Crippen molar-refractivity contribution in [2.75, 3.05) is 12.8 Å². The Balaban J connectivity index is 2.60. The molecule has 0 aromatic heterocycles. The molecule has 3 heteroatoms. The first-order valence-electron chi connectivity index (χ1n) is 3.02. The lowest BCUT2D eigenvalue weighted by Crippen LogP contribution is -2.32. The zero-order valence-electron chi connectivity index (χ0n) is 6.09. The van der Waals surface area contributed by atoms with E-state index in [9.17, 15) is 0 Å². The van der Waals surface area contributed by atoms with Gasteiger partial charge in [-0.25, -0.2) is 4.31 Å². The highest BCUT2D eigenvalue weighted by Gasteiger charge is 2.27. The molecule has 0 N–H and O–H groups in total. The first-order chi connectivity index (χ1) is 4.17. The van der Waals surface area contributed by atoms with Crippen LogP contribution in [0.3, 0.4) is 0 Å². The molecule has 0 aromatic carbocycles. The zero-order chi connectivity index (χ0) is 6.91. The van der Waals surface area contributed by atoms with Gasteiger partial charge in [0.05, 0.1) is 0 Å². The minimum Gasteiger partial charge on any atom is -0.273 e. The molecule has 0 fully saturated rings. The largest absolute Gasteiger partial charge is 0.273 e. The van der Waals surface area contributed by atoms with Crippen molar-refractivity contribution < 1.29 is 0 Å².